The SMILES string of the molecule is CCCCC(CN)NC(=O)c1cc(C)n(CC)c1C. The van der Waals surface area contributed by atoms with Crippen molar-refractivity contribution >= 4 is 5.91 Å². The van der Waals surface area contributed by atoms with Crippen LogP contribution < -0.4 is 11.1 Å². The normalized spacial score (nSPS) is 12.5. The number of aryl methyl sites for hydroxylation is 1. The second-order valence-electron chi connectivity index (χ2n) is 5.08. The Kier molecular flexibility index (Phi) is 6.09. The van der Waals surface area contributed by atoms with Gasteiger partial charge in [0.25, 0.3) is 5.91 Å². The smallest absolute Gasteiger partial charge is 0.253 e. The van der Waals surface area contributed by atoms with Gasteiger partial charge in [0.15, 0.2) is 0 Å². The number of carbonyl (C=O) groups excluding carboxylic acids is 1. The van der Waals surface area contributed by atoms with Crippen molar-refractivity contribution < 1.29 is 4.79 Å². The molecule has 1 atom stereocenters. The molecule has 19 heavy (non-hydrogen) atoms. The van der Waals surface area contributed by atoms with Crippen LogP contribution >= 0.6 is 0 Å². The summed E-state index contributed by atoms with van der Waals surface area (Å²) in [5.41, 5.74) is 8.65. The molecule has 0 spiro atoms. The van der Waals surface area contributed by atoms with Gasteiger partial charge in [-0.2, -0.15) is 0 Å². The highest BCUT2D eigenvalue weighted by Gasteiger charge is 2.17. The van der Waals surface area contributed by atoms with E-state index in [0.29, 0.717) is 6.54 Å². The minimum Gasteiger partial charge on any atom is -0.349 e. The van der Waals surface area contributed by atoms with Gasteiger partial charge in [-0.15, -0.1) is 0 Å². The van der Waals surface area contributed by atoms with Gasteiger partial charge in [-0.05, 0) is 33.3 Å². The van der Waals surface area contributed by atoms with Crippen LogP contribution in [0.3, 0.4) is 0 Å². The van der Waals surface area contributed by atoms with E-state index in [4.69, 9.17) is 5.73 Å². The van der Waals surface area contributed by atoms with Gasteiger partial charge in [-0.3, -0.25) is 4.79 Å². The Morgan fingerprint density at radius 2 is 2.11 bits per heavy atom. The van der Waals surface area contributed by atoms with Gasteiger partial charge in [-0.1, -0.05) is 19.8 Å². The maximum atomic E-state index is 12.3. The largest absolute Gasteiger partial charge is 0.349 e. The highest BCUT2D eigenvalue weighted by molar-refractivity contribution is 5.95. The van der Waals surface area contributed by atoms with E-state index >= 15 is 0 Å². The molecule has 0 saturated carbocycles. The molecule has 0 aliphatic carbocycles. The van der Waals surface area contributed by atoms with Crippen LogP contribution in [0.4, 0.5) is 0 Å². The van der Waals surface area contributed by atoms with Gasteiger partial charge in [0.05, 0.1) is 5.56 Å². The third kappa shape index (κ3) is 3.83. The molecule has 1 aromatic heterocycles. The van der Waals surface area contributed by atoms with Crippen molar-refractivity contribution in [2.45, 2.75) is 59.5 Å². The number of amides is 1. The predicted octanol–water partition coefficient (Wildman–Crippen LogP) is 2.37. The lowest BCUT2D eigenvalue weighted by molar-refractivity contribution is 0.0935. The average Bonchev–Trinajstić information content (AvgIpc) is 2.69. The number of hydrogen-bond donors (Lipinski definition) is 2. The molecule has 1 heterocycles. The number of nitrogens with two attached hydrogens (primary N) is 1. The van der Waals surface area contributed by atoms with Gasteiger partial charge in [0, 0.05) is 30.5 Å². The molecule has 0 aliphatic heterocycles. The fourth-order valence-corrected chi connectivity index (χ4v) is 2.48. The first-order valence-electron chi connectivity index (χ1n) is 7.22. The Bertz CT molecular complexity index is 423. The third-order valence-corrected chi connectivity index (χ3v) is 3.66. The minimum atomic E-state index is -0.000599. The van der Waals surface area contributed by atoms with Crippen LogP contribution in [0, 0.1) is 13.8 Å². The van der Waals surface area contributed by atoms with Crippen LogP contribution in [0.25, 0.3) is 0 Å². The summed E-state index contributed by atoms with van der Waals surface area (Å²) in [7, 11) is 0. The van der Waals surface area contributed by atoms with Crippen LogP contribution in [0.5, 0.6) is 0 Å². The van der Waals surface area contributed by atoms with E-state index < -0.39 is 0 Å². The molecule has 0 aliphatic rings. The third-order valence-electron chi connectivity index (χ3n) is 3.66. The molecule has 1 unspecified atom stereocenters. The van der Waals surface area contributed by atoms with Crippen LogP contribution in [0.2, 0.25) is 0 Å². The molecule has 108 valence electrons. The van der Waals surface area contributed by atoms with E-state index in [2.05, 4.69) is 23.7 Å². The van der Waals surface area contributed by atoms with E-state index in [1.165, 1.54) is 0 Å². The van der Waals surface area contributed by atoms with E-state index in [9.17, 15) is 4.79 Å². The summed E-state index contributed by atoms with van der Waals surface area (Å²) in [6.07, 6.45) is 3.16. The van der Waals surface area contributed by atoms with Crippen LogP contribution in [0.1, 0.15) is 54.9 Å². The molecule has 4 nitrogen and oxygen atoms in total. The Labute approximate surface area is 116 Å². The summed E-state index contributed by atoms with van der Waals surface area (Å²) in [6.45, 7) is 9.65. The standard InChI is InChI=1S/C15H27N3O/c1-5-7-8-13(10-16)17-15(19)14-9-11(3)18(6-2)12(14)4/h9,13H,5-8,10,16H2,1-4H3,(H,17,19). The summed E-state index contributed by atoms with van der Waals surface area (Å²) in [4.78, 5) is 12.3. The molecule has 1 aromatic rings. The zero-order valence-electron chi connectivity index (χ0n) is 12.6. The summed E-state index contributed by atoms with van der Waals surface area (Å²) in [5.74, 6) is -0.000599. The molecule has 0 fully saturated rings. The van der Waals surface area contributed by atoms with Crippen molar-refractivity contribution in [2.24, 2.45) is 5.73 Å². The summed E-state index contributed by atoms with van der Waals surface area (Å²) < 4.78 is 2.15. The number of aromatic nitrogens is 1. The van der Waals surface area contributed by atoms with Crippen molar-refractivity contribution in [1.29, 1.82) is 0 Å². The molecule has 3 N–H and O–H groups in total. The van der Waals surface area contributed by atoms with Crippen molar-refractivity contribution in [3.8, 4) is 0 Å². The van der Waals surface area contributed by atoms with Crippen LogP contribution in [-0.2, 0) is 6.54 Å². The Balaban J connectivity index is 2.77. The lowest BCUT2D eigenvalue weighted by Crippen LogP contribution is -2.40. The molecule has 0 radical (unpaired) electrons. The van der Waals surface area contributed by atoms with Crippen molar-refractivity contribution in [3.05, 3.63) is 23.0 Å². The highest BCUT2D eigenvalue weighted by atomic mass is 16.1. The van der Waals surface area contributed by atoms with E-state index in [1.807, 2.05) is 19.9 Å². The van der Waals surface area contributed by atoms with Crippen molar-refractivity contribution in [2.75, 3.05) is 6.54 Å². The second kappa shape index (κ2) is 7.34. The van der Waals surface area contributed by atoms with E-state index in [-0.39, 0.29) is 11.9 Å². The maximum absolute atomic E-state index is 12.3. The molecular weight excluding hydrogens is 238 g/mol. The quantitative estimate of drug-likeness (QED) is 0.795. The molecule has 1 amide bonds. The molecule has 4 heteroatoms. The zero-order chi connectivity index (χ0) is 14.4. The van der Waals surface area contributed by atoms with Crippen molar-refractivity contribution in [1.82, 2.24) is 9.88 Å². The fourth-order valence-electron chi connectivity index (χ4n) is 2.48. The van der Waals surface area contributed by atoms with E-state index in [0.717, 1.165) is 42.8 Å². The Morgan fingerprint density at radius 3 is 2.58 bits per heavy atom. The molecule has 0 saturated heterocycles. The first-order chi connectivity index (χ1) is 9.04. The van der Waals surface area contributed by atoms with E-state index in [1.54, 1.807) is 0 Å². The van der Waals surface area contributed by atoms with Gasteiger partial charge >= 0.3 is 0 Å². The number of nitrogens with one attached hydrogen (secondary N) is 1. The maximum Gasteiger partial charge on any atom is 0.253 e. The minimum absolute atomic E-state index is 0.000599. The van der Waals surface area contributed by atoms with Crippen molar-refractivity contribution in [3.63, 3.8) is 0 Å². The lowest BCUT2D eigenvalue weighted by Gasteiger charge is -2.16. The molecule has 0 aromatic carbocycles. The summed E-state index contributed by atoms with van der Waals surface area (Å²) in [6, 6.07) is 2.04. The first kappa shape index (κ1) is 15.8. The van der Waals surface area contributed by atoms with Crippen LogP contribution in [-0.4, -0.2) is 23.1 Å². The van der Waals surface area contributed by atoms with Gasteiger partial charge in [0.2, 0.25) is 0 Å². The lowest BCUT2D eigenvalue weighted by atomic mass is 10.1. The topological polar surface area (TPSA) is 60.0 Å². The highest BCUT2D eigenvalue weighted by Crippen LogP contribution is 2.15. The number of carbonyl (C=O) groups is 1. The van der Waals surface area contributed by atoms with Crippen LogP contribution in [0.15, 0.2) is 6.07 Å². The fraction of sp³-hybridized carbons (Fsp3) is 0.667. The number of hydrogen-bond acceptors (Lipinski definition) is 2. The van der Waals surface area contributed by atoms with Gasteiger partial charge < -0.3 is 15.6 Å². The second-order valence-corrected chi connectivity index (χ2v) is 5.08. The monoisotopic (exact) mass is 265 g/mol. The summed E-state index contributed by atoms with van der Waals surface area (Å²) in [5, 5.41) is 3.05. The van der Waals surface area contributed by atoms with Gasteiger partial charge in [-0.25, -0.2) is 0 Å². The Hall–Kier alpha value is -1.29. The average molecular weight is 265 g/mol. The molecule has 1 rings (SSSR count). The number of rotatable bonds is 7. The first-order valence-corrected chi connectivity index (χ1v) is 7.22. The molecule has 0 bridgehead atoms. The number of nitrogens with zero attached hydrogens (tertiary/aromatic N) is 1. The van der Waals surface area contributed by atoms with Gasteiger partial charge in [0.1, 0.15) is 0 Å². The summed E-state index contributed by atoms with van der Waals surface area (Å²) >= 11 is 0. The molecular formula is C15H27N3O. The Morgan fingerprint density at radius 1 is 1.42 bits per heavy atom. The zero-order valence-corrected chi connectivity index (χ0v) is 12.6. The predicted molar refractivity (Wildman–Crippen MR) is 79.4 cm³/mol. The number of unbranched alkanes of at least 4 members (excludes halogenated alkanes) is 1.